The smallest absolute Gasteiger partial charge is 0.0784 e. The normalized spacial score (nSPS) is 27.6. The van der Waals surface area contributed by atoms with Gasteiger partial charge < -0.3 is 10.1 Å². The zero-order valence-electron chi connectivity index (χ0n) is 9.83. The zero-order chi connectivity index (χ0) is 11.0. The van der Waals surface area contributed by atoms with Gasteiger partial charge in [0.15, 0.2) is 0 Å². The van der Waals surface area contributed by atoms with Crippen LogP contribution in [0, 0.1) is 0 Å². The summed E-state index contributed by atoms with van der Waals surface area (Å²) in [5.74, 6) is 0.584. The topological polar surface area (TPSA) is 21.3 Å². The van der Waals surface area contributed by atoms with Crippen molar-refractivity contribution >= 4 is 0 Å². The fraction of sp³-hybridized carbons (Fsp3) is 0.571. The molecule has 1 aromatic rings. The molecule has 0 aromatic heterocycles. The Kier molecular flexibility index (Phi) is 2.70. The van der Waals surface area contributed by atoms with E-state index in [9.17, 15) is 0 Å². The van der Waals surface area contributed by atoms with E-state index < -0.39 is 0 Å². The van der Waals surface area contributed by atoms with Crippen molar-refractivity contribution in [3.8, 4) is 0 Å². The second-order valence-corrected chi connectivity index (χ2v) is 4.85. The number of rotatable bonds is 2. The molecule has 2 heterocycles. The van der Waals surface area contributed by atoms with Gasteiger partial charge in [-0.2, -0.15) is 0 Å². The lowest BCUT2D eigenvalue weighted by atomic mass is 9.86. The van der Waals surface area contributed by atoms with E-state index in [2.05, 4.69) is 30.4 Å². The zero-order valence-corrected chi connectivity index (χ0v) is 9.83. The minimum absolute atomic E-state index is 0.407. The molecular formula is C14H19NO. The Morgan fingerprint density at radius 2 is 2.31 bits per heavy atom. The lowest BCUT2D eigenvalue weighted by Gasteiger charge is -2.29. The fourth-order valence-electron chi connectivity index (χ4n) is 3.01. The SMILES string of the molecule is CCCc1cccc2c1COC1CNCC21. The third kappa shape index (κ3) is 1.57. The summed E-state index contributed by atoms with van der Waals surface area (Å²) in [6, 6.07) is 6.76. The monoisotopic (exact) mass is 217 g/mol. The van der Waals surface area contributed by atoms with Crippen LogP contribution in [0.15, 0.2) is 18.2 Å². The average molecular weight is 217 g/mol. The molecule has 2 aliphatic heterocycles. The Bertz CT molecular complexity index is 388. The van der Waals surface area contributed by atoms with Gasteiger partial charge in [0.2, 0.25) is 0 Å². The first kappa shape index (κ1) is 10.3. The standard InChI is InChI=1S/C14H19NO/c1-2-4-10-5-3-6-11-12-7-15-8-14(12)16-9-13(10)11/h3,5-6,12,14-15H,2,4,7-9H2,1H3. The molecule has 2 aliphatic rings. The van der Waals surface area contributed by atoms with Gasteiger partial charge in [0.05, 0.1) is 12.7 Å². The van der Waals surface area contributed by atoms with Gasteiger partial charge in [0.1, 0.15) is 0 Å². The molecule has 0 bridgehead atoms. The summed E-state index contributed by atoms with van der Waals surface area (Å²) in [6.07, 6.45) is 2.80. The predicted molar refractivity (Wildman–Crippen MR) is 64.6 cm³/mol. The van der Waals surface area contributed by atoms with Crippen LogP contribution in [0.4, 0.5) is 0 Å². The largest absolute Gasteiger partial charge is 0.372 e. The second kappa shape index (κ2) is 4.19. The molecule has 86 valence electrons. The van der Waals surface area contributed by atoms with Gasteiger partial charge in [0, 0.05) is 19.0 Å². The van der Waals surface area contributed by atoms with Crippen molar-refractivity contribution in [1.82, 2.24) is 5.32 Å². The minimum atomic E-state index is 0.407. The molecule has 2 unspecified atom stereocenters. The highest BCUT2D eigenvalue weighted by Crippen LogP contribution is 2.35. The van der Waals surface area contributed by atoms with Crippen molar-refractivity contribution < 1.29 is 4.74 Å². The van der Waals surface area contributed by atoms with Crippen LogP contribution in [0.25, 0.3) is 0 Å². The Morgan fingerprint density at radius 1 is 1.38 bits per heavy atom. The molecule has 1 N–H and O–H groups in total. The van der Waals surface area contributed by atoms with Crippen molar-refractivity contribution in [3.63, 3.8) is 0 Å². The first-order valence-electron chi connectivity index (χ1n) is 6.33. The van der Waals surface area contributed by atoms with Crippen LogP contribution in [-0.2, 0) is 17.8 Å². The molecule has 16 heavy (non-hydrogen) atoms. The molecule has 1 fully saturated rings. The van der Waals surface area contributed by atoms with Gasteiger partial charge in [-0.15, -0.1) is 0 Å². The third-order valence-corrected chi connectivity index (χ3v) is 3.83. The number of nitrogens with one attached hydrogen (secondary N) is 1. The van der Waals surface area contributed by atoms with E-state index in [4.69, 9.17) is 4.74 Å². The van der Waals surface area contributed by atoms with Crippen LogP contribution >= 0.6 is 0 Å². The van der Waals surface area contributed by atoms with Gasteiger partial charge in [-0.05, 0) is 23.1 Å². The third-order valence-electron chi connectivity index (χ3n) is 3.83. The maximum atomic E-state index is 5.95. The molecule has 1 aromatic carbocycles. The lowest BCUT2D eigenvalue weighted by Crippen LogP contribution is -2.27. The highest BCUT2D eigenvalue weighted by atomic mass is 16.5. The van der Waals surface area contributed by atoms with E-state index in [1.807, 2.05) is 0 Å². The Morgan fingerprint density at radius 3 is 3.19 bits per heavy atom. The lowest BCUT2D eigenvalue weighted by molar-refractivity contribution is 0.0294. The van der Waals surface area contributed by atoms with E-state index in [1.54, 1.807) is 0 Å². The molecule has 2 atom stereocenters. The van der Waals surface area contributed by atoms with Gasteiger partial charge in [-0.3, -0.25) is 0 Å². The molecule has 0 amide bonds. The van der Waals surface area contributed by atoms with Gasteiger partial charge in [0.25, 0.3) is 0 Å². The molecule has 1 saturated heterocycles. The van der Waals surface area contributed by atoms with E-state index in [-0.39, 0.29) is 0 Å². The van der Waals surface area contributed by atoms with E-state index in [0.29, 0.717) is 12.0 Å². The fourth-order valence-corrected chi connectivity index (χ4v) is 3.01. The van der Waals surface area contributed by atoms with Gasteiger partial charge >= 0.3 is 0 Å². The van der Waals surface area contributed by atoms with Crippen LogP contribution in [0.3, 0.4) is 0 Å². The predicted octanol–water partition coefficient (Wildman–Crippen LogP) is 2.22. The van der Waals surface area contributed by atoms with Crippen molar-refractivity contribution in [2.24, 2.45) is 0 Å². The molecule has 0 radical (unpaired) electrons. The summed E-state index contributed by atoms with van der Waals surface area (Å²) in [6.45, 7) is 5.15. The van der Waals surface area contributed by atoms with E-state index in [0.717, 1.165) is 19.7 Å². The molecule has 3 rings (SSSR count). The maximum Gasteiger partial charge on any atom is 0.0784 e. The molecule has 2 nitrogen and oxygen atoms in total. The molecular weight excluding hydrogens is 198 g/mol. The Balaban J connectivity index is 2.00. The second-order valence-electron chi connectivity index (χ2n) is 4.85. The summed E-state index contributed by atoms with van der Waals surface area (Å²) in [5, 5.41) is 3.43. The van der Waals surface area contributed by atoms with Crippen molar-refractivity contribution in [2.75, 3.05) is 13.1 Å². The summed E-state index contributed by atoms with van der Waals surface area (Å²) >= 11 is 0. The maximum absolute atomic E-state index is 5.95. The van der Waals surface area contributed by atoms with Crippen LogP contribution in [0.1, 0.15) is 36.0 Å². The van der Waals surface area contributed by atoms with Gasteiger partial charge in [-0.25, -0.2) is 0 Å². The summed E-state index contributed by atoms with van der Waals surface area (Å²) in [4.78, 5) is 0. The Labute approximate surface area is 97.0 Å². The number of aryl methyl sites for hydroxylation is 1. The van der Waals surface area contributed by atoms with Crippen molar-refractivity contribution in [2.45, 2.75) is 38.4 Å². The van der Waals surface area contributed by atoms with Gasteiger partial charge in [-0.1, -0.05) is 31.5 Å². The first-order valence-corrected chi connectivity index (χ1v) is 6.33. The van der Waals surface area contributed by atoms with Crippen LogP contribution < -0.4 is 5.32 Å². The molecule has 2 heteroatoms. The number of ether oxygens (including phenoxy) is 1. The number of hydrogen-bond acceptors (Lipinski definition) is 2. The van der Waals surface area contributed by atoms with Crippen LogP contribution in [0.2, 0.25) is 0 Å². The quantitative estimate of drug-likeness (QED) is 0.820. The summed E-state index contributed by atoms with van der Waals surface area (Å²) in [7, 11) is 0. The highest BCUT2D eigenvalue weighted by molar-refractivity contribution is 5.40. The average Bonchev–Trinajstić information content (AvgIpc) is 2.78. The first-order chi connectivity index (χ1) is 7.90. The van der Waals surface area contributed by atoms with Crippen molar-refractivity contribution in [1.29, 1.82) is 0 Å². The van der Waals surface area contributed by atoms with Crippen LogP contribution in [0.5, 0.6) is 0 Å². The number of fused-ring (bicyclic) bond motifs is 3. The van der Waals surface area contributed by atoms with E-state index >= 15 is 0 Å². The summed E-state index contributed by atoms with van der Waals surface area (Å²) in [5.41, 5.74) is 4.49. The number of hydrogen-bond donors (Lipinski definition) is 1. The molecule has 0 aliphatic carbocycles. The van der Waals surface area contributed by atoms with Crippen LogP contribution in [-0.4, -0.2) is 19.2 Å². The Hall–Kier alpha value is -0.860. The molecule has 0 spiro atoms. The van der Waals surface area contributed by atoms with E-state index in [1.165, 1.54) is 29.5 Å². The number of benzene rings is 1. The minimum Gasteiger partial charge on any atom is -0.372 e. The highest BCUT2D eigenvalue weighted by Gasteiger charge is 2.34. The summed E-state index contributed by atoms with van der Waals surface area (Å²) < 4.78 is 5.95. The molecule has 0 saturated carbocycles. The van der Waals surface area contributed by atoms with Crippen molar-refractivity contribution in [3.05, 3.63) is 34.9 Å².